The molecule has 1 N–H and O–H groups in total. The van der Waals surface area contributed by atoms with E-state index in [1.54, 1.807) is 13.2 Å². The number of methoxy groups -OCH3 is 1. The Balaban J connectivity index is 1.55. The van der Waals surface area contributed by atoms with Gasteiger partial charge in [0.05, 0.1) is 13.0 Å². The lowest BCUT2D eigenvalue weighted by Crippen LogP contribution is -2.50. The number of rotatable bonds is 4. The maximum atomic E-state index is 13.4. The van der Waals surface area contributed by atoms with Gasteiger partial charge in [0.2, 0.25) is 5.91 Å². The smallest absolute Gasteiger partial charge is 0.227 e. The molecule has 2 aliphatic heterocycles. The van der Waals surface area contributed by atoms with Crippen LogP contribution in [0.3, 0.4) is 0 Å². The van der Waals surface area contributed by atoms with E-state index < -0.39 is 0 Å². The van der Waals surface area contributed by atoms with Gasteiger partial charge in [-0.3, -0.25) is 9.69 Å². The van der Waals surface area contributed by atoms with Crippen molar-refractivity contribution in [1.29, 1.82) is 0 Å². The highest BCUT2D eigenvalue weighted by molar-refractivity contribution is 5.79. The predicted molar refractivity (Wildman–Crippen MR) is 85.8 cm³/mol. The molecule has 2 saturated heterocycles. The van der Waals surface area contributed by atoms with Gasteiger partial charge in [0.25, 0.3) is 0 Å². The number of hydrogen-bond acceptors (Lipinski definition) is 4. The molecule has 2 heterocycles. The highest BCUT2D eigenvalue weighted by Gasteiger charge is 2.29. The maximum Gasteiger partial charge on any atom is 0.227 e. The van der Waals surface area contributed by atoms with Gasteiger partial charge in [0, 0.05) is 44.8 Å². The van der Waals surface area contributed by atoms with E-state index in [-0.39, 0.29) is 17.6 Å². The monoisotopic (exact) mass is 321 g/mol. The van der Waals surface area contributed by atoms with Gasteiger partial charge in [-0.05, 0) is 31.2 Å². The Hall–Kier alpha value is -1.66. The summed E-state index contributed by atoms with van der Waals surface area (Å²) in [4.78, 5) is 16.6. The standard InChI is InChI=1S/C17H24FN3O2/c1-23-16-3-2-15(18)10-14(16)12-20-6-8-21(9-7-20)17(22)13-4-5-19-11-13/h2-3,10,13,19H,4-9,11-12H2,1H3. The van der Waals surface area contributed by atoms with Crippen LogP contribution in [0, 0.1) is 11.7 Å². The second-order valence-corrected chi connectivity index (χ2v) is 6.25. The average Bonchev–Trinajstić information content (AvgIpc) is 3.10. The van der Waals surface area contributed by atoms with Crippen molar-refractivity contribution in [2.45, 2.75) is 13.0 Å². The van der Waals surface area contributed by atoms with Gasteiger partial charge in [0.15, 0.2) is 0 Å². The second-order valence-electron chi connectivity index (χ2n) is 6.25. The number of nitrogens with zero attached hydrogens (tertiary/aromatic N) is 2. The molecule has 1 unspecified atom stereocenters. The van der Waals surface area contributed by atoms with Crippen LogP contribution in [0.15, 0.2) is 18.2 Å². The highest BCUT2D eigenvalue weighted by Crippen LogP contribution is 2.22. The molecule has 0 aliphatic carbocycles. The number of nitrogens with one attached hydrogen (secondary N) is 1. The molecule has 1 aromatic rings. The molecule has 23 heavy (non-hydrogen) atoms. The molecule has 3 rings (SSSR count). The quantitative estimate of drug-likeness (QED) is 0.902. The first-order valence-electron chi connectivity index (χ1n) is 8.21. The zero-order valence-electron chi connectivity index (χ0n) is 13.6. The molecule has 126 valence electrons. The van der Waals surface area contributed by atoms with Gasteiger partial charge < -0.3 is 15.0 Å². The number of piperazine rings is 1. The second kappa shape index (κ2) is 7.27. The minimum atomic E-state index is -0.247. The highest BCUT2D eigenvalue weighted by atomic mass is 19.1. The van der Waals surface area contributed by atoms with Crippen LogP contribution in [0.1, 0.15) is 12.0 Å². The molecule has 0 aromatic heterocycles. The largest absolute Gasteiger partial charge is 0.496 e. The van der Waals surface area contributed by atoms with E-state index in [0.29, 0.717) is 12.3 Å². The normalized spacial score (nSPS) is 22.3. The fourth-order valence-corrected chi connectivity index (χ4v) is 3.36. The number of carbonyl (C=O) groups excluding carboxylic acids is 1. The number of halogens is 1. The van der Waals surface area contributed by atoms with Crippen LogP contribution < -0.4 is 10.1 Å². The Morgan fingerprint density at radius 1 is 1.35 bits per heavy atom. The summed E-state index contributed by atoms with van der Waals surface area (Å²) < 4.78 is 18.7. The van der Waals surface area contributed by atoms with Crippen LogP contribution in [-0.4, -0.2) is 62.1 Å². The van der Waals surface area contributed by atoms with E-state index >= 15 is 0 Å². The van der Waals surface area contributed by atoms with Crippen molar-refractivity contribution in [3.8, 4) is 5.75 Å². The lowest BCUT2D eigenvalue weighted by molar-refractivity contribution is -0.136. The van der Waals surface area contributed by atoms with Crippen LogP contribution in [-0.2, 0) is 11.3 Å². The molecular formula is C17H24FN3O2. The number of carbonyl (C=O) groups is 1. The Morgan fingerprint density at radius 2 is 2.13 bits per heavy atom. The van der Waals surface area contributed by atoms with E-state index in [0.717, 1.165) is 51.3 Å². The average molecular weight is 321 g/mol. The van der Waals surface area contributed by atoms with E-state index in [2.05, 4.69) is 10.2 Å². The third kappa shape index (κ3) is 3.82. The van der Waals surface area contributed by atoms with E-state index in [1.165, 1.54) is 12.1 Å². The number of amides is 1. The van der Waals surface area contributed by atoms with Crippen molar-refractivity contribution >= 4 is 5.91 Å². The summed E-state index contributed by atoms with van der Waals surface area (Å²) in [6.07, 6.45) is 0.944. The SMILES string of the molecule is COc1ccc(F)cc1CN1CCN(C(=O)C2CCNC2)CC1. The van der Waals surface area contributed by atoms with E-state index in [1.807, 2.05) is 4.90 Å². The van der Waals surface area contributed by atoms with E-state index in [4.69, 9.17) is 4.74 Å². The number of benzene rings is 1. The molecule has 2 fully saturated rings. The van der Waals surface area contributed by atoms with Crippen LogP contribution in [0.2, 0.25) is 0 Å². The lowest BCUT2D eigenvalue weighted by atomic mass is 10.1. The molecule has 0 bridgehead atoms. The lowest BCUT2D eigenvalue weighted by Gasteiger charge is -2.36. The van der Waals surface area contributed by atoms with Crippen molar-refractivity contribution < 1.29 is 13.9 Å². The molecule has 0 radical (unpaired) electrons. The minimum absolute atomic E-state index is 0.143. The van der Waals surface area contributed by atoms with Crippen LogP contribution in [0.4, 0.5) is 4.39 Å². The zero-order valence-corrected chi connectivity index (χ0v) is 13.6. The van der Waals surface area contributed by atoms with Crippen LogP contribution in [0.25, 0.3) is 0 Å². The molecule has 1 amide bonds. The third-order valence-electron chi connectivity index (χ3n) is 4.73. The summed E-state index contributed by atoms with van der Waals surface area (Å²) in [6.45, 7) is 5.50. The van der Waals surface area contributed by atoms with Gasteiger partial charge in [-0.2, -0.15) is 0 Å². The minimum Gasteiger partial charge on any atom is -0.496 e. The summed E-state index contributed by atoms with van der Waals surface area (Å²) in [6, 6.07) is 4.60. The summed E-state index contributed by atoms with van der Waals surface area (Å²) in [5.41, 5.74) is 0.854. The Labute approximate surface area is 136 Å². The van der Waals surface area contributed by atoms with E-state index in [9.17, 15) is 9.18 Å². The molecule has 2 aliphatic rings. The van der Waals surface area contributed by atoms with Gasteiger partial charge in [-0.25, -0.2) is 4.39 Å². The summed E-state index contributed by atoms with van der Waals surface area (Å²) in [5, 5.41) is 3.24. The van der Waals surface area contributed by atoms with Gasteiger partial charge >= 0.3 is 0 Å². The Morgan fingerprint density at radius 3 is 2.78 bits per heavy atom. The molecular weight excluding hydrogens is 297 g/mol. The zero-order chi connectivity index (χ0) is 16.2. The fourth-order valence-electron chi connectivity index (χ4n) is 3.36. The third-order valence-corrected chi connectivity index (χ3v) is 4.73. The van der Waals surface area contributed by atoms with Gasteiger partial charge in [-0.15, -0.1) is 0 Å². The molecule has 0 saturated carbocycles. The predicted octanol–water partition coefficient (Wildman–Crippen LogP) is 1.09. The van der Waals surface area contributed by atoms with Crippen molar-refractivity contribution in [2.24, 2.45) is 5.92 Å². The van der Waals surface area contributed by atoms with Gasteiger partial charge in [0.1, 0.15) is 11.6 Å². The maximum absolute atomic E-state index is 13.4. The summed E-state index contributed by atoms with van der Waals surface area (Å²) in [5.74, 6) is 0.883. The fraction of sp³-hybridized carbons (Fsp3) is 0.588. The molecule has 0 spiro atoms. The first-order chi connectivity index (χ1) is 11.2. The van der Waals surface area contributed by atoms with Crippen molar-refractivity contribution in [2.75, 3.05) is 46.4 Å². The first-order valence-corrected chi connectivity index (χ1v) is 8.21. The topological polar surface area (TPSA) is 44.8 Å². The molecule has 5 nitrogen and oxygen atoms in total. The molecule has 1 aromatic carbocycles. The summed E-state index contributed by atoms with van der Waals surface area (Å²) in [7, 11) is 1.60. The molecule has 1 atom stereocenters. The van der Waals surface area contributed by atoms with Crippen molar-refractivity contribution in [1.82, 2.24) is 15.1 Å². The number of hydrogen-bond donors (Lipinski definition) is 1. The first kappa shape index (κ1) is 16.2. The number of ether oxygens (including phenoxy) is 1. The van der Waals surface area contributed by atoms with Crippen molar-refractivity contribution in [3.63, 3.8) is 0 Å². The molecule has 6 heteroatoms. The van der Waals surface area contributed by atoms with Crippen molar-refractivity contribution in [3.05, 3.63) is 29.6 Å². The Bertz CT molecular complexity index is 553. The Kier molecular flexibility index (Phi) is 5.13. The van der Waals surface area contributed by atoms with Crippen LogP contribution >= 0.6 is 0 Å². The van der Waals surface area contributed by atoms with Crippen LogP contribution in [0.5, 0.6) is 5.75 Å². The summed E-state index contributed by atoms with van der Waals surface area (Å²) >= 11 is 0. The van der Waals surface area contributed by atoms with Gasteiger partial charge in [-0.1, -0.05) is 0 Å².